The second-order valence-electron chi connectivity index (χ2n) is 6.07. The molecule has 1 aromatic heterocycles. The Morgan fingerprint density at radius 3 is 2.60 bits per heavy atom. The molecule has 2 heterocycles. The van der Waals surface area contributed by atoms with E-state index in [-0.39, 0.29) is 43.1 Å². The standard InChI is InChI=1S/C15H23F3N4O.2ClH/c1-21(14(23)3-2-12-4-6-19-7-5-12)10-13-20-8-9-22(13)11-15(16,17)18;;/h8-9,12,19H,2-7,10-11H2,1H3;2*1H. The third kappa shape index (κ3) is 8.29. The average molecular weight is 405 g/mol. The molecule has 0 unspecified atom stereocenters. The third-order valence-electron chi connectivity index (χ3n) is 4.18. The zero-order valence-corrected chi connectivity index (χ0v) is 15.7. The lowest BCUT2D eigenvalue weighted by Crippen LogP contribution is -2.31. The molecule has 1 saturated heterocycles. The summed E-state index contributed by atoms with van der Waals surface area (Å²) >= 11 is 0. The highest BCUT2D eigenvalue weighted by atomic mass is 35.5. The number of piperidine rings is 1. The number of imidazole rings is 1. The minimum Gasteiger partial charge on any atom is -0.338 e. The number of alkyl halides is 3. The van der Waals surface area contributed by atoms with E-state index in [9.17, 15) is 18.0 Å². The lowest BCUT2D eigenvalue weighted by atomic mass is 9.93. The molecule has 1 amide bonds. The van der Waals surface area contributed by atoms with Gasteiger partial charge in [-0.05, 0) is 38.3 Å². The van der Waals surface area contributed by atoms with Crippen LogP contribution in [0.2, 0.25) is 0 Å². The van der Waals surface area contributed by atoms with Crippen LogP contribution in [0, 0.1) is 5.92 Å². The Morgan fingerprint density at radius 2 is 2.00 bits per heavy atom. The minimum atomic E-state index is -4.30. The van der Waals surface area contributed by atoms with Crippen molar-refractivity contribution in [1.82, 2.24) is 19.8 Å². The Balaban J connectivity index is 0.00000288. The number of hydrogen-bond donors (Lipinski definition) is 1. The molecule has 1 aliphatic heterocycles. The van der Waals surface area contributed by atoms with Gasteiger partial charge in [0.2, 0.25) is 5.91 Å². The molecule has 146 valence electrons. The van der Waals surface area contributed by atoms with Crippen LogP contribution in [-0.2, 0) is 17.9 Å². The molecule has 0 aromatic carbocycles. The average Bonchev–Trinajstić information content (AvgIpc) is 2.90. The summed E-state index contributed by atoms with van der Waals surface area (Å²) in [5, 5.41) is 3.28. The van der Waals surface area contributed by atoms with Crippen molar-refractivity contribution in [3.63, 3.8) is 0 Å². The van der Waals surface area contributed by atoms with Crippen LogP contribution in [0.3, 0.4) is 0 Å². The van der Waals surface area contributed by atoms with Crippen molar-refractivity contribution >= 4 is 30.7 Å². The molecule has 5 nitrogen and oxygen atoms in total. The van der Waals surface area contributed by atoms with Crippen molar-refractivity contribution in [2.75, 3.05) is 20.1 Å². The minimum absolute atomic E-state index is 0. The molecule has 1 aromatic rings. The predicted molar refractivity (Wildman–Crippen MR) is 94.1 cm³/mol. The van der Waals surface area contributed by atoms with Gasteiger partial charge in [-0.3, -0.25) is 4.79 Å². The molecule has 0 atom stereocenters. The largest absolute Gasteiger partial charge is 0.406 e. The van der Waals surface area contributed by atoms with E-state index < -0.39 is 12.7 Å². The van der Waals surface area contributed by atoms with Gasteiger partial charge in [0.25, 0.3) is 0 Å². The monoisotopic (exact) mass is 404 g/mol. The topological polar surface area (TPSA) is 50.2 Å². The van der Waals surface area contributed by atoms with E-state index in [1.165, 1.54) is 17.3 Å². The lowest BCUT2D eigenvalue weighted by Gasteiger charge is -2.23. The molecule has 1 N–H and O–H groups in total. The molecule has 0 aliphatic carbocycles. The summed E-state index contributed by atoms with van der Waals surface area (Å²) in [6.07, 6.45) is 1.74. The normalized spacial score (nSPS) is 15.2. The van der Waals surface area contributed by atoms with Gasteiger partial charge in [0.1, 0.15) is 12.4 Å². The first kappa shape index (κ1) is 24.0. The quantitative estimate of drug-likeness (QED) is 0.792. The van der Waals surface area contributed by atoms with Crippen molar-refractivity contribution in [3.05, 3.63) is 18.2 Å². The molecule has 0 bridgehead atoms. The summed E-state index contributed by atoms with van der Waals surface area (Å²) in [4.78, 5) is 17.5. The van der Waals surface area contributed by atoms with E-state index in [4.69, 9.17) is 0 Å². The SMILES string of the molecule is CN(Cc1nccn1CC(F)(F)F)C(=O)CCC1CCNCC1.Cl.Cl. The first-order chi connectivity index (χ1) is 10.8. The van der Waals surface area contributed by atoms with Gasteiger partial charge in [0.05, 0.1) is 6.54 Å². The van der Waals surface area contributed by atoms with Crippen molar-refractivity contribution < 1.29 is 18.0 Å². The second kappa shape index (κ2) is 10.9. The van der Waals surface area contributed by atoms with Crippen LogP contribution in [0.5, 0.6) is 0 Å². The van der Waals surface area contributed by atoms with Crippen LogP contribution < -0.4 is 5.32 Å². The van der Waals surface area contributed by atoms with Gasteiger partial charge in [-0.15, -0.1) is 24.8 Å². The van der Waals surface area contributed by atoms with Gasteiger partial charge >= 0.3 is 6.18 Å². The molecular formula is C15H25Cl2F3N4O. The van der Waals surface area contributed by atoms with Crippen molar-refractivity contribution in [2.45, 2.75) is 44.9 Å². The fraction of sp³-hybridized carbons (Fsp3) is 0.733. The Kier molecular flexibility index (Phi) is 10.4. The van der Waals surface area contributed by atoms with Crippen LogP contribution >= 0.6 is 24.8 Å². The molecule has 0 saturated carbocycles. The Labute approximate surface area is 158 Å². The molecule has 25 heavy (non-hydrogen) atoms. The number of halogens is 5. The number of hydrogen-bond acceptors (Lipinski definition) is 3. The van der Waals surface area contributed by atoms with E-state index >= 15 is 0 Å². The predicted octanol–water partition coefficient (Wildman–Crippen LogP) is 3.03. The van der Waals surface area contributed by atoms with Crippen LogP contribution in [0.25, 0.3) is 0 Å². The number of aromatic nitrogens is 2. The Bertz CT molecular complexity index is 519. The summed E-state index contributed by atoms with van der Waals surface area (Å²) in [5.74, 6) is 0.756. The lowest BCUT2D eigenvalue weighted by molar-refractivity contribution is -0.141. The summed E-state index contributed by atoms with van der Waals surface area (Å²) in [5.41, 5.74) is 0. The zero-order chi connectivity index (χ0) is 16.9. The number of rotatable bonds is 6. The van der Waals surface area contributed by atoms with Crippen LogP contribution in [-0.4, -0.2) is 46.7 Å². The highest BCUT2D eigenvalue weighted by molar-refractivity contribution is 5.85. The smallest absolute Gasteiger partial charge is 0.338 e. The molecular weight excluding hydrogens is 380 g/mol. The van der Waals surface area contributed by atoms with Crippen molar-refractivity contribution in [3.8, 4) is 0 Å². The number of carbonyl (C=O) groups is 1. The van der Waals surface area contributed by atoms with Gasteiger partial charge in [-0.2, -0.15) is 13.2 Å². The van der Waals surface area contributed by atoms with Crippen LogP contribution in [0.1, 0.15) is 31.5 Å². The maximum absolute atomic E-state index is 12.5. The maximum atomic E-state index is 12.5. The Morgan fingerprint density at radius 1 is 1.36 bits per heavy atom. The van der Waals surface area contributed by atoms with Gasteiger partial charge in [0, 0.05) is 25.9 Å². The number of carbonyl (C=O) groups excluding carboxylic acids is 1. The molecule has 0 radical (unpaired) electrons. The van der Waals surface area contributed by atoms with Gasteiger partial charge in [0.15, 0.2) is 0 Å². The van der Waals surface area contributed by atoms with E-state index in [1.807, 2.05) is 0 Å². The van der Waals surface area contributed by atoms with Crippen molar-refractivity contribution in [1.29, 1.82) is 0 Å². The van der Waals surface area contributed by atoms with E-state index in [2.05, 4.69) is 10.3 Å². The van der Waals surface area contributed by atoms with E-state index in [0.29, 0.717) is 12.3 Å². The Hall–Kier alpha value is -0.990. The summed E-state index contributed by atoms with van der Waals surface area (Å²) in [7, 11) is 1.61. The second-order valence-corrected chi connectivity index (χ2v) is 6.07. The fourth-order valence-electron chi connectivity index (χ4n) is 2.82. The summed E-state index contributed by atoms with van der Waals surface area (Å²) in [6, 6.07) is 0. The van der Waals surface area contributed by atoms with Crippen LogP contribution in [0.15, 0.2) is 12.4 Å². The first-order valence-corrected chi connectivity index (χ1v) is 7.86. The van der Waals surface area contributed by atoms with Gasteiger partial charge < -0.3 is 14.8 Å². The van der Waals surface area contributed by atoms with Gasteiger partial charge in [-0.1, -0.05) is 0 Å². The molecule has 10 heteroatoms. The molecule has 2 rings (SSSR count). The summed E-state index contributed by atoms with van der Waals surface area (Å²) < 4.78 is 38.5. The number of nitrogens with one attached hydrogen (secondary N) is 1. The van der Waals surface area contributed by atoms with Crippen LogP contribution in [0.4, 0.5) is 13.2 Å². The summed E-state index contributed by atoms with van der Waals surface area (Å²) in [6.45, 7) is 0.987. The molecule has 0 spiro atoms. The highest BCUT2D eigenvalue weighted by Crippen LogP contribution is 2.20. The highest BCUT2D eigenvalue weighted by Gasteiger charge is 2.29. The van der Waals surface area contributed by atoms with Gasteiger partial charge in [-0.25, -0.2) is 4.98 Å². The maximum Gasteiger partial charge on any atom is 0.406 e. The fourth-order valence-corrected chi connectivity index (χ4v) is 2.82. The first-order valence-electron chi connectivity index (χ1n) is 7.86. The zero-order valence-electron chi connectivity index (χ0n) is 14.1. The van der Waals surface area contributed by atoms with Crippen molar-refractivity contribution in [2.24, 2.45) is 5.92 Å². The third-order valence-corrected chi connectivity index (χ3v) is 4.18. The molecule has 1 fully saturated rings. The number of nitrogens with zero attached hydrogens (tertiary/aromatic N) is 3. The number of amides is 1. The van der Waals surface area contributed by atoms with E-state index in [1.54, 1.807) is 7.05 Å². The molecule has 1 aliphatic rings. The van der Waals surface area contributed by atoms with E-state index in [0.717, 1.165) is 36.9 Å².